The molecule has 1 aliphatic rings. The van der Waals surface area contributed by atoms with Gasteiger partial charge in [0.05, 0.1) is 24.6 Å². The van der Waals surface area contributed by atoms with Crippen LogP contribution in [0.15, 0.2) is 36.5 Å². The minimum absolute atomic E-state index is 0.0678. The second kappa shape index (κ2) is 7.25. The van der Waals surface area contributed by atoms with Crippen molar-refractivity contribution in [3.8, 4) is 0 Å². The van der Waals surface area contributed by atoms with Crippen LogP contribution in [0.5, 0.6) is 0 Å². The first kappa shape index (κ1) is 18.7. The molecule has 0 saturated carbocycles. The summed E-state index contributed by atoms with van der Waals surface area (Å²) in [7, 11) is 0. The Kier molecular flexibility index (Phi) is 5.02. The Morgan fingerprint density at radius 3 is 2.52 bits per heavy atom. The Bertz CT molecular complexity index is 824. The fourth-order valence-electron chi connectivity index (χ4n) is 2.94. The number of nitrogens with one attached hydrogen (secondary N) is 1. The lowest BCUT2D eigenvalue weighted by atomic mass is 9.96. The molecule has 0 bridgehead atoms. The summed E-state index contributed by atoms with van der Waals surface area (Å²) in [5.74, 6) is -5.31. The summed E-state index contributed by atoms with van der Waals surface area (Å²) in [6.45, 7) is -0.835. The Morgan fingerprint density at radius 1 is 1.22 bits per heavy atom. The van der Waals surface area contributed by atoms with Crippen molar-refractivity contribution in [1.82, 2.24) is 19.9 Å². The number of carbonyl (C=O) groups is 2. The number of carboxylic acid groups (broad SMARTS) is 1. The van der Waals surface area contributed by atoms with Gasteiger partial charge in [0.25, 0.3) is 0 Å². The first-order chi connectivity index (χ1) is 12.7. The van der Waals surface area contributed by atoms with E-state index < -0.39 is 43.1 Å². The number of aromatic nitrogens is 3. The molecule has 1 aliphatic heterocycles. The zero-order valence-corrected chi connectivity index (χ0v) is 13.9. The number of rotatable bonds is 4. The fourth-order valence-corrected chi connectivity index (χ4v) is 2.94. The van der Waals surface area contributed by atoms with Gasteiger partial charge in [0.1, 0.15) is 0 Å². The third kappa shape index (κ3) is 4.36. The van der Waals surface area contributed by atoms with E-state index in [9.17, 15) is 22.8 Å². The molecule has 2 amide bonds. The molecule has 1 fully saturated rings. The van der Waals surface area contributed by atoms with Gasteiger partial charge < -0.3 is 10.0 Å². The van der Waals surface area contributed by atoms with Crippen LogP contribution in [0, 0.1) is 11.8 Å². The number of anilines is 1. The smallest absolute Gasteiger partial charge is 0.394 e. The predicted molar refractivity (Wildman–Crippen MR) is 86.8 cm³/mol. The maximum Gasteiger partial charge on any atom is 0.394 e. The molecule has 2 N–H and O–H groups in total. The van der Waals surface area contributed by atoms with Crippen molar-refractivity contribution in [2.24, 2.45) is 11.8 Å². The Morgan fingerprint density at radius 2 is 1.93 bits per heavy atom. The van der Waals surface area contributed by atoms with E-state index in [4.69, 9.17) is 5.11 Å². The average molecular weight is 383 g/mol. The molecule has 27 heavy (non-hydrogen) atoms. The van der Waals surface area contributed by atoms with Gasteiger partial charge in [0.15, 0.2) is 5.82 Å². The van der Waals surface area contributed by atoms with E-state index in [1.165, 1.54) is 10.9 Å². The number of likely N-dealkylation sites (tertiary alicyclic amines) is 1. The van der Waals surface area contributed by atoms with Crippen LogP contribution in [0.3, 0.4) is 0 Å². The third-order valence-corrected chi connectivity index (χ3v) is 4.31. The van der Waals surface area contributed by atoms with Crippen LogP contribution in [-0.2, 0) is 11.3 Å². The molecule has 1 saturated heterocycles. The van der Waals surface area contributed by atoms with Crippen LogP contribution in [0.4, 0.5) is 23.8 Å². The first-order valence-electron chi connectivity index (χ1n) is 8.03. The molecule has 3 rings (SSSR count). The van der Waals surface area contributed by atoms with Gasteiger partial charge in [-0.15, -0.1) is 5.10 Å². The number of halogens is 3. The van der Waals surface area contributed by atoms with Gasteiger partial charge in [0, 0.05) is 13.1 Å². The van der Waals surface area contributed by atoms with Crippen molar-refractivity contribution < 1.29 is 27.9 Å². The molecule has 1 aromatic heterocycles. The van der Waals surface area contributed by atoms with Crippen LogP contribution in [0.1, 0.15) is 5.56 Å². The first-order valence-corrected chi connectivity index (χ1v) is 8.03. The highest BCUT2D eigenvalue weighted by Gasteiger charge is 2.53. The Balaban J connectivity index is 1.63. The quantitative estimate of drug-likeness (QED) is 0.842. The summed E-state index contributed by atoms with van der Waals surface area (Å²) in [5, 5.41) is 19.0. The number of benzene rings is 1. The van der Waals surface area contributed by atoms with Crippen molar-refractivity contribution in [2.45, 2.75) is 12.7 Å². The highest BCUT2D eigenvalue weighted by Crippen LogP contribution is 2.37. The monoisotopic (exact) mass is 383 g/mol. The van der Waals surface area contributed by atoms with Gasteiger partial charge >= 0.3 is 18.2 Å². The maximum atomic E-state index is 13.0. The predicted octanol–water partition coefficient (Wildman–Crippen LogP) is 2.05. The lowest BCUT2D eigenvalue weighted by Gasteiger charge is -2.18. The zero-order valence-electron chi connectivity index (χ0n) is 13.9. The van der Waals surface area contributed by atoms with E-state index in [0.29, 0.717) is 6.54 Å². The molecular weight excluding hydrogens is 367 g/mol. The van der Waals surface area contributed by atoms with Crippen molar-refractivity contribution in [2.75, 3.05) is 18.4 Å². The number of hydrogen-bond donors (Lipinski definition) is 2. The van der Waals surface area contributed by atoms with E-state index in [-0.39, 0.29) is 5.82 Å². The normalized spacial score (nSPS) is 19.9. The molecule has 2 aromatic rings. The SMILES string of the molecule is O=C(O)[C@@H]1CN(C(=O)Nc2cn(Cc3ccccc3)nn2)C[C@H]1C(F)(F)F. The minimum Gasteiger partial charge on any atom is -0.481 e. The summed E-state index contributed by atoms with van der Waals surface area (Å²) < 4.78 is 40.5. The van der Waals surface area contributed by atoms with Gasteiger partial charge in [-0.3, -0.25) is 10.1 Å². The van der Waals surface area contributed by atoms with Crippen molar-refractivity contribution in [1.29, 1.82) is 0 Å². The topological polar surface area (TPSA) is 100 Å². The number of nitrogens with zero attached hydrogens (tertiary/aromatic N) is 4. The van der Waals surface area contributed by atoms with Gasteiger partial charge in [-0.25, -0.2) is 9.48 Å². The summed E-state index contributed by atoms with van der Waals surface area (Å²) in [6.07, 6.45) is -3.26. The van der Waals surface area contributed by atoms with Gasteiger partial charge in [0.2, 0.25) is 0 Å². The summed E-state index contributed by atoms with van der Waals surface area (Å²) in [6, 6.07) is 8.50. The molecule has 1 aromatic carbocycles. The third-order valence-electron chi connectivity index (χ3n) is 4.31. The lowest BCUT2D eigenvalue weighted by molar-refractivity contribution is -0.187. The molecule has 2 atom stereocenters. The number of amides is 2. The van der Waals surface area contributed by atoms with Crippen LogP contribution < -0.4 is 5.32 Å². The van der Waals surface area contributed by atoms with Crippen LogP contribution >= 0.6 is 0 Å². The largest absolute Gasteiger partial charge is 0.481 e. The number of hydrogen-bond acceptors (Lipinski definition) is 4. The van der Waals surface area contributed by atoms with E-state index in [1.807, 2.05) is 30.3 Å². The molecule has 144 valence electrons. The molecular formula is C16H16F3N5O3. The van der Waals surface area contributed by atoms with Crippen molar-refractivity contribution in [3.05, 3.63) is 42.1 Å². The van der Waals surface area contributed by atoms with Crippen molar-refractivity contribution >= 4 is 17.8 Å². The fraction of sp³-hybridized carbons (Fsp3) is 0.375. The number of aliphatic carboxylic acids is 1. The van der Waals surface area contributed by atoms with E-state index in [0.717, 1.165) is 10.5 Å². The number of carbonyl (C=O) groups excluding carboxylic acids is 1. The highest BCUT2D eigenvalue weighted by molar-refractivity contribution is 5.89. The maximum absolute atomic E-state index is 13.0. The van der Waals surface area contributed by atoms with E-state index in [1.54, 1.807) is 0 Å². The summed E-state index contributed by atoms with van der Waals surface area (Å²) >= 11 is 0. The standard InChI is InChI=1S/C16H16F3N5O3/c17-16(18,19)12-8-23(7-11(12)14(25)26)15(27)20-13-9-24(22-21-13)6-10-4-2-1-3-5-10/h1-5,9,11-12H,6-8H2,(H,20,27)(H,25,26)/t11-,12-/m1/s1. The van der Waals surface area contributed by atoms with Crippen LogP contribution in [-0.4, -0.2) is 56.3 Å². The lowest BCUT2D eigenvalue weighted by Crippen LogP contribution is -2.35. The number of alkyl halides is 3. The molecule has 2 heterocycles. The minimum atomic E-state index is -4.70. The molecule has 0 aliphatic carbocycles. The second-order valence-electron chi connectivity index (χ2n) is 6.21. The zero-order chi connectivity index (χ0) is 19.6. The van der Waals surface area contributed by atoms with Gasteiger partial charge in [-0.05, 0) is 5.56 Å². The Labute approximate surface area is 151 Å². The van der Waals surface area contributed by atoms with Gasteiger partial charge in [-0.2, -0.15) is 13.2 Å². The van der Waals surface area contributed by atoms with Crippen LogP contribution in [0.2, 0.25) is 0 Å². The molecule has 0 spiro atoms. The van der Waals surface area contributed by atoms with Crippen LogP contribution in [0.25, 0.3) is 0 Å². The van der Waals surface area contributed by atoms with E-state index >= 15 is 0 Å². The number of urea groups is 1. The highest BCUT2D eigenvalue weighted by atomic mass is 19.4. The summed E-state index contributed by atoms with van der Waals surface area (Å²) in [5.41, 5.74) is 0.956. The van der Waals surface area contributed by atoms with Crippen molar-refractivity contribution in [3.63, 3.8) is 0 Å². The summed E-state index contributed by atoms with van der Waals surface area (Å²) in [4.78, 5) is 24.1. The average Bonchev–Trinajstić information content (AvgIpc) is 3.22. The molecule has 8 nitrogen and oxygen atoms in total. The second-order valence-corrected chi connectivity index (χ2v) is 6.21. The molecule has 0 unspecified atom stereocenters. The van der Waals surface area contributed by atoms with E-state index in [2.05, 4.69) is 15.6 Å². The molecule has 0 radical (unpaired) electrons. The number of carboxylic acids is 1. The van der Waals surface area contributed by atoms with Gasteiger partial charge in [-0.1, -0.05) is 35.5 Å². The Hall–Kier alpha value is -3.11. The molecule has 11 heteroatoms.